The second kappa shape index (κ2) is 6.69. The Morgan fingerprint density at radius 2 is 2.05 bits per heavy atom. The smallest absolute Gasteiger partial charge is 0.335 e. The van der Waals surface area contributed by atoms with Crippen molar-refractivity contribution in [3.8, 4) is 0 Å². The molecular formula is C15H17N3O3. The highest BCUT2D eigenvalue weighted by Crippen LogP contribution is 2.06. The van der Waals surface area contributed by atoms with Gasteiger partial charge in [-0.15, -0.1) is 0 Å². The lowest BCUT2D eigenvalue weighted by Gasteiger charge is -2.12. The van der Waals surface area contributed by atoms with Crippen LogP contribution in [0.15, 0.2) is 42.7 Å². The van der Waals surface area contributed by atoms with E-state index >= 15 is 0 Å². The molecule has 0 aliphatic rings. The summed E-state index contributed by atoms with van der Waals surface area (Å²) in [7, 11) is 0. The van der Waals surface area contributed by atoms with Crippen LogP contribution in [0.1, 0.15) is 28.9 Å². The number of nitrogens with one attached hydrogen (secondary N) is 1. The number of rotatable bonds is 6. The summed E-state index contributed by atoms with van der Waals surface area (Å²) in [6, 6.07) is 8.05. The Morgan fingerprint density at radius 3 is 2.62 bits per heavy atom. The van der Waals surface area contributed by atoms with Crippen molar-refractivity contribution in [1.29, 1.82) is 0 Å². The average molecular weight is 287 g/mol. The summed E-state index contributed by atoms with van der Waals surface area (Å²) in [6.07, 6.45) is 4.03. The number of nitrogens with zero attached hydrogens (tertiary/aromatic N) is 2. The number of carboxylic acid groups (broad SMARTS) is 1. The molecule has 1 heterocycles. The minimum Gasteiger partial charge on any atom is -0.478 e. The zero-order chi connectivity index (χ0) is 15.2. The zero-order valence-electron chi connectivity index (χ0n) is 11.7. The first-order chi connectivity index (χ1) is 10.1. The number of carboxylic acids is 1. The first-order valence-corrected chi connectivity index (χ1v) is 6.67. The lowest BCUT2D eigenvalue weighted by Crippen LogP contribution is -2.32. The molecule has 0 unspecified atom stereocenters. The number of hydrogen-bond acceptors (Lipinski definition) is 3. The summed E-state index contributed by atoms with van der Waals surface area (Å²) in [5.74, 6) is -1.04. The number of carbonyl (C=O) groups is 2. The van der Waals surface area contributed by atoms with E-state index in [-0.39, 0.29) is 17.5 Å². The molecule has 0 spiro atoms. The van der Waals surface area contributed by atoms with Gasteiger partial charge in [0.2, 0.25) is 5.91 Å². The highest BCUT2D eigenvalue weighted by Gasteiger charge is 2.13. The largest absolute Gasteiger partial charge is 0.478 e. The van der Waals surface area contributed by atoms with E-state index in [1.165, 1.54) is 0 Å². The van der Waals surface area contributed by atoms with Gasteiger partial charge in [-0.05, 0) is 37.1 Å². The van der Waals surface area contributed by atoms with Crippen LogP contribution >= 0.6 is 0 Å². The second-order valence-corrected chi connectivity index (χ2v) is 4.71. The number of amides is 1. The van der Waals surface area contributed by atoms with Gasteiger partial charge < -0.3 is 10.4 Å². The summed E-state index contributed by atoms with van der Waals surface area (Å²) >= 11 is 0. The van der Waals surface area contributed by atoms with Crippen molar-refractivity contribution in [2.75, 3.05) is 6.54 Å². The van der Waals surface area contributed by atoms with E-state index in [1.54, 1.807) is 54.3 Å². The molecule has 0 fully saturated rings. The SMILES string of the molecule is C[C@@H](C(=O)NCCc1ccc(C(=O)O)cc1)n1cccn1. The minimum atomic E-state index is -0.942. The van der Waals surface area contributed by atoms with Gasteiger partial charge in [0.05, 0.1) is 5.56 Å². The van der Waals surface area contributed by atoms with Gasteiger partial charge in [0, 0.05) is 18.9 Å². The number of aromatic carboxylic acids is 1. The topological polar surface area (TPSA) is 84.2 Å². The van der Waals surface area contributed by atoms with E-state index < -0.39 is 5.97 Å². The maximum atomic E-state index is 11.9. The maximum absolute atomic E-state index is 11.9. The van der Waals surface area contributed by atoms with Crippen LogP contribution in [-0.2, 0) is 11.2 Å². The fourth-order valence-electron chi connectivity index (χ4n) is 1.92. The molecule has 0 saturated carbocycles. The highest BCUT2D eigenvalue weighted by atomic mass is 16.4. The maximum Gasteiger partial charge on any atom is 0.335 e. The van der Waals surface area contributed by atoms with E-state index in [1.807, 2.05) is 0 Å². The number of aromatic nitrogens is 2. The molecule has 6 nitrogen and oxygen atoms in total. The summed E-state index contributed by atoms with van der Waals surface area (Å²) in [5.41, 5.74) is 1.24. The highest BCUT2D eigenvalue weighted by molar-refractivity contribution is 5.87. The molecular weight excluding hydrogens is 270 g/mol. The van der Waals surface area contributed by atoms with Crippen LogP contribution in [0.5, 0.6) is 0 Å². The van der Waals surface area contributed by atoms with Crippen molar-refractivity contribution in [1.82, 2.24) is 15.1 Å². The molecule has 1 aromatic heterocycles. The molecule has 1 atom stereocenters. The summed E-state index contributed by atoms with van der Waals surface area (Å²) < 4.78 is 1.59. The van der Waals surface area contributed by atoms with Crippen molar-refractivity contribution in [3.05, 3.63) is 53.9 Å². The molecule has 0 radical (unpaired) electrons. The van der Waals surface area contributed by atoms with Gasteiger partial charge in [-0.1, -0.05) is 12.1 Å². The van der Waals surface area contributed by atoms with Crippen molar-refractivity contribution >= 4 is 11.9 Å². The van der Waals surface area contributed by atoms with Gasteiger partial charge in [-0.25, -0.2) is 4.79 Å². The standard InChI is InChI=1S/C15H17N3O3/c1-11(18-10-2-8-17-18)14(19)16-9-7-12-3-5-13(6-4-12)15(20)21/h2-6,8,10-11H,7,9H2,1H3,(H,16,19)(H,20,21)/t11-/m0/s1. The molecule has 0 saturated heterocycles. The van der Waals surface area contributed by atoms with Crippen LogP contribution in [0.2, 0.25) is 0 Å². The van der Waals surface area contributed by atoms with E-state index in [4.69, 9.17) is 5.11 Å². The molecule has 21 heavy (non-hydrogen) atoms. The fraction of sp³-hybridized carbons (Fsp3) is 0.267. The van der Waals surface area contributed by atoms with Crippen LogP contribution in [0.3, 0.4) is 0 Å². The van der Waals surface area contributed by atoms with Crippen molar-refractivity contribution in [2.45, 2.75) is 19.4 Å². The average Bonchev–Trinajstić information content (AvgIpc) is 3.01. The lowest BCUT2D eigenvalue weighted by molar-refractivity contribution is -0.124. The summed E-state index contributed by atoms with van der Waals surface area (Å²) in [4.78, 5) is 22.7. The first kappa shape index (κ1) is 14.8. The van der Waals surface area contributed by atoms with Crippen LogP contribution in [0, 0.1) is 0 Å². The van der Waals surface area contributed by atoms with E-state index in [2.05, 4.69) is 10.4 Å². The fourth-order valence-corrected chi connectivity index (χ4v) is 1.92. The zero-order valence-corrected chi connectivity index (χ0v) is 11.7. The Morgan fingerprint density at radius 1 is 1.33 bits per heavy atom. The van der Waals surface area contributed by atoms with Gasteiger partial charge in [0.15, 0.2) is 0 Å². The molecule has 2 N–H and O–H groups in total. The van der Waals surface area contributed by atoms with Crippen LogP contribution in [0.4, 0.5) is 0 Å². The van der Waals surface area contributed by atoms with Gasteiger partial charge >= 0.3 is 5.97 Å². The number of benzene rings is 1. The predicted molar refractivity (Wildman–Crippen MR) is 77.1 cm³/mol. The number of hydrogen-bond donors (Lipinski definition) is 2. The van der Waals surface area contributed by atoms with Gasteiger partial charge in [-0.2, -0.15) is 5.10 Å². The second-order valence-electron chi connectivity index (χ2n) is 4.71. The van der Waals surface area contributed by atoms with Crippen LogP contribution in [0.25, 0.3) is 0 Å². The minimum absolute atomic E-state index is 0.0964. The summed E-state index contributed by atoms with van der Waals surface area (Å²) in [5, 5.41) is 15.7. The molecule has 6 heteroatoms. The van der Waals surface area contributed by atoms with Crippen LogP contribution < -0.4 is 5.32 Å². The number of carbonyl (C=O) groups excluding carboxylic acids is 1. The Kier molecular flexibility index (Phi) is 4.71. The molecule has 0 aliphatic heterocycles. The van der Waals surface area contributed by atoms with Gasteiger partial charge in [-0.3, -0.25) is 9.48 Å². The molecule has 0 aliphatic carbocycles. The van der Waals surface area contributed by atoms with Crippen LogP contribution in [-0.4, -0.2) is 33.3 Å². The molecule has 2 aromatic rings. The van der Waals surface area contributed by atoms with Crippen molar-refractivity contribution in [2.24, 2.45) is 0 Å². The Labute approximate surface area is 122 Å². The third kappa shape index (κ3) is 3.92. The molecule has 1 aromatic carbocycles. The van der Waals surface area contributed by atoms with E-state index in [0.717, 1.165) is 5.56 Å². The third-order valence-corrected chi connectivity index (χ3v) is 3.21. The Balaban J connectivity index is 1.81. The van der Waals surface area contributed by atoms with E-state index in [0.29, 0.717) is 13.0 Å². The lowest BCUT2D eigenvalue weighted by atomic mass is 10.1. The Bertz CT molecular complexity index is 606. The van der Waals surface area contributed by atoms with E-state index in [9.17, 15) is 9.59 Å². The molecule has 110 valence electrons. The van der Waals surface area contributed by atoms with Crippen molar-refractivity contribution < 1.29 is 14.7 Å². The molecule has 1 amide bonds. The first-order valence-electron chi connectivity index (χ1n) is 6.67. The van der Waals surface area contributed by atoms with Gasteiger partial charge in [0.25, 0.3) is 0 Å². The van der Waals surface area contributed by atoms with Gasteiger partial charge in [0.1, 0.15) is 6.04 Å². The monoisotopic (exact) mass is 287 g/mol. The third-order valence-electron chi connectivity index (χ3n) is 3.21. The summed E-state index contributed by atoms with van der Waals surface area (Å²) in [6.45, 7) is 2.28. The molecule has 0 bridgehead atoms. The normalized spacial score (nSPS) is 11.9. The Hall–Kier alpha value is -2.63. The predicted octanol–water partition coefficient (Wildman–Crippen LogP) is 1.50. The molecule has 2 rings (SSSR count). The van der Waals surface area contributed by atoms with Crippen molar-refractivity contribution in [3.63, 3.8) is 0 Å². The quantitative estimate of drug-likeness (QED) is 0.843.